The van der Waals surface area contributed by atoms with E-state index in [1.807, 2.05) is 20.8 Å². The number of carbonyl (C=O) groups is 2. The van der Waals surface area contributed by atoms with Crippen LogP contribution in [-0.4, -0.2) is 34.8 Å². The number of nitrogens with zero attached hydrogens (tertiary/aromatic N) is 1. The van der Waals surface area contributed by atoms with E-state index in [0.29, 0.717) is 19.4 Å². The van der Waals surface area contributed by atoms with Crippen molar-refractivity contribution in [1.29, 1.82) is 0 Å². The number of carbonyl (C=O) groups excluding carboxylic acids is 2. The molecule has 1 fully saturated rings. The molecule has 0 saturated carbocycles. The van der Waals surface area contributed by atoms with Crippen molar-refractivity contribution in [3.05, 3.63) is 0 Å². The van der Waals surface area contributed by atoms with Gasteiger partial charge >= 0.3 is 0 Å². The highest BCUT2D eigenvalue weighted by Crippen LogP contribution is 2.32. The second kappa shape index (κ2) is 6.21. The molecule has 1 heterocycles. The van der Waals surface area contributed by atoms with Gasteiger partial charge < -0.3 is 10.2 Å². The third kappa shape index (κ3) is 3.24. The van der Waals surface area contributed by atoms with Crippen molar-refractivity contribution in [2.45, 2.75) is 71.4 Å². The van der Waals surface area contributed by atoms with E-state index < -0.39 is 0 Å². The summed E-state index contributed by atoms with van der Waals surface area (Å²) >= 11 is 0. The average molecular weight is 254 g/mol. The lowest BCUT2D eigenvalue weighted by atomic mass is 9.99. The molecule has 1 atom stereocenters. The molecule has 4 heteroatoms. The van der Waals surface area contributed by atoms with E-state index in [2.05, 4.69) is 12.2 Å². The zero-order chi connectivity index (χ0) is 13.8. The van der Waals surface area contributed by atoms with Gasteiger partial charge in [0.1, 0.15) is 6.04 Å². The van der Waals surface area contributed by atoms with Crippen LogP contribution in [0.5, 0.6) is 0 Å². The quantitative estimate of drug-likeness (QED) is 0.738. The summed E-state index contributed by atoms with van der Waals surface area (Å²) in [7, 11) is 0. The highest BCUT2D eigenvalue weighted by Gasteiger charge is 2.43. The molecule has 104 valence electrons. The minimum atomic E-state index is -0.313. The van der Waals surface area contributed by atoms with E-state index in [4.69, 9.17) is 0 Å². The van der Waals surface area contributed by atoms with Crippen LogP contribution in [-0.2, 0) is 9.59 Å². The Morgan fingerprint density at radius 1 is 1.44 bits per heavy atom. The Morgan fingerprint density at radius 3 is 2.56 bits per heavy atom. The van der Waals surface area contributed by atoms with Crippen molar-refractivity contribution in [2.75, 3.05) is 6.54 Å². The molecule has 4 nitrogen and oxygen atoms in total. The zero-order valence-corrected chi connectivity index (χ0v) is 12.1. The van der Waals surface area contributed by atoms with Crippen LogP contribution >= 0.6 is 0 Å². The summed E-state index contributed by atoms with van der Waals surface area (Å²) in [6, 6.07) is -0.313. The van der Waals surface area contributed by atoms with E-state index in [0.717, 1.165) is 19.3 Å². The van der Waals surface area contributed by atoms with Gasteiger partial charge in [0.15, 0.2) is 0 Å². The molecule has 0 aliphatic carbocycles. The Balaban J connectivity index is 2.70. The third-order valence-electron chi connectivity index (χ3n) is 3.70. The number of unbranched alkanes of at least 4 members (excludes halogenated alkanes) is 1. The van der Waals surface area contributed by atoms with Crippen molar-refractivity contribution in [2.24, 2.45) is 0 Å². The maximum Gasteiger partial charge on any atom is 0.242 e. The lowest BCUT2D eigenvalue weighted by molar-refractivity contribution is -0.141. The van der Waals surface area contributed by atoms with Crippen LogP contribution in [0.2, 0.25) is 0 Å². The summed E-state index contributed by atoms with van der Waals surface area (Å²) in [6.45, 7) is 8.84. The van der Waals surface area contributed by atoms with Crippen molar-refractivity contribution in [3.63, 3.8) is 0 Å². The van der Waals surface area contributed by atoms with Gasteiger partial charge in [-0.2, -0.15) is 0 Å². The van der Waals surface area contributed by atoms with Crippen LogP contribution < -0.4 is 5.32 Å². The first-order valence-corrected chi connectivity index (χ1v) is 7.04. The van der Waals surface area contributed by atoms with E-state index in [1.165, 1.54) is 0 Å². The molecule has 18 heavy (non-hydrogen) atoms. The molecule has 1 aliphatic rings. The molecule has 0 spiro atoms. The molecule has 0 radical (unpaired) electrons. The Labute approximate surface area is 110 Å². The molecular formula is C14H26N2O2. The predicted molar refractivity (Wildman–Crippen MR) is 72.2 cm³/mol. The van der Waals surface area contributed by atoms with Gasteiger partial charge in [0.05, 0.1) is 0 Å². The van der Waals surface area contributed by atoms with Gasteiger partial charge in [-0.25, -0.2) is 0 Å². The zero-order valence-electron chi connectivity index (χ0n) is 12.1. The fourth-order valence-corrected chi connectivity index (χ4v) is 2.58. The maximum absolute atomic E-state index is 12.2. The number of likely N-dealkylation sites (tertiary alicyclic amines) is 1. The topological polar surface area (TPSA) is 49.4 Å². The number of rotatable bonds is 6. The van der Waals surface area contributed by atoms with Gasteiger partial charge in [-0.05, 0) is 33.1 Å². The molecular weight excluding hydrogens is 228 g/mol. The molecule has 0 aromatic heterocycles. The number of hydrogen-bond donors (Lipinski definition) is 1. The fraction of sp³-hybridized carbons (Fsp3) is 0.857. The van der Waals surface area contributed by atoms with Gasteiger partial charge in [0, 0.05) is 18.5 Å². The van der Waals surface area contributed by atoms with E-state index in [1.54, 1.807) is 4.90 Å². The molecule has 1 aliphatic heterocycles. The molecule has 0 bridgehead atoms. The largest absolute Gasteiger partial charge is 0.354 e. The molecule has 1 N–H and O–H groups in total. The highest BCUT2D eigenvalue weighted by molar-refractivity contribution is 5.89. The molecule has 2 amide bonds. The third-order valence-corrected chi connectivity index (χ3v) is 3.70. The first-order valence-electron chi connectivity index (χ1n) is 7.04. The lowest BCUT2D eigenvalue weighted by Gasteiger charge is -2.37. The summed E-state index contributed by atoms with van der Waals surface area (Å²) in [5.74, 6) is 0.103. The highest BCUT2D eigenvalue weighted by atomic mass is 16.2. The Kier molecular flexibility index (Phi) is 5.17. The smallest absolute Gasteiger partial charge is 0.242 e. The molecule has 0 aromatic rings. The fourth-order valence-electron chi connectivity index (χ4n) is 2.58. The van der Waals surface area contributed by atoms with E-state index >= 15 is 0 Å². The minimum Gasteiger partial charge on any atom is -0.354 e. The van der Waals surface area contributed by atoms with Gasteiger partial charge in [0.2, 0.25) is 11.8 Å². The van der Waals surface area contributed by atoms with Crippen molar-refractivity contribution >= 4 is 11.8 Å². The number of hydrogen-bond acceptors (Lipinski definition) is 2. The number of nitrogens with one attached hydrogen (secondary N) is 1. The van der Waals surface area contributed by atoms with Gasteiger partial charge in [-0.15, -0.1) is 0 Å². The summed E-state index contributed by atoms with van der Waals surface area (Å²) in [6.07, 6.45) is 4.12. The lowest BCUT2D eigenvalue weighted by Crippen LogP contribution is -2.54. The van der Waals surface area contributed by atoms with Gasteiger partial charge in [-0.3, -0.25) is 9.59 Å². The van der Waals surface area contributed by atoms with Crippen LogP contribution in [0, 0.1) is 0 Å². The van der Waals surface area contributed by atoms with Gasteiger partial charge in [0.25, 0.3) is 0 Å². The average Bonchev–Trinajstić information content (AvgIpc) is 2.57. The van der Waals surface area contributed by atoms with Crippen LogP contribution in [0.3, 0.4) is 0 Å². The van der Waals surface area contributed by atoms with Crippen molar-refractivity contribution < 1.29 is 9.59 Å². The summed E-state index contributed by atoms with van der Waals surface area (Å²) in [4.78, 5) is 25.9. The summed E-state index contributed by atoms with van der Waals surface area (Å²) in [5.41, 5.74) is -0.195. The Bertz CT molecular complexity index is 313. The standard InChI is InChI=1S/C14H26N2O2/c1-5-7-10-15-13(18)11(6-2)16-12(17)8-9-14(16,3)4/h11H,5-10H2,1-4H3,(H,15,18). The SMILES string of the molecule is CCCCNC(=O)C(CC)N1C(=O)CCC1(C)C. The van der Waals surface area contributed by atoms with E-state index in [-0.39, 0.29) is 23.4 Å². The molecule has 1 unspecified atom stereocenters. The predicted octanol–water partition coefficient (Wildman–Crippen LogP) is 2.08. The van der Waals surface area contributed by atoms with Crippen LogP contribution in [0.4, 0.5) is 0 Å². The van der Waals surface area contributed by atoms with Crippen molar-refractivity contribution in [1.82, 2.24) is 10.2 Å². The summed E-state index contributed by atoms with van der Waals surface area (Å²) in [5, 5.41) is 2.94. The first kappa shape index (κ1) is 15.0. The number of amides is 2. The normalized spacial score (nSPS) is 20.0. The van der Waals surface area contributed by atoms with Gasteiger partial charge in [-0.1, -0.05) is 20.3 Å². The van der Waals surface area contributed by atoms with Crippen molar-refractivity contribution in [3.8, 4) is 0 Å². The Morgan fingerprint density at radius 2 is 2.11 bits per heavy atom. The van der Waals surface area contributed by atoms with Crippen LogP contribution in [0.1, 0.15) is 59.8 Å². The van der Waals surface area contributed by atoms with Crippen LogP contribution in [0.25, 0.3) is 0 Å². The molecule has 0 aromatic carbocycles. The second-order valence-electron chi connectivity index (χ2n) is 5.64. The molecule has 1 rings (SSSR count). The van der Waals surface area contributed by atoms with Crippen LogP contribution in [0.15, 0.2) is 0 Å². The first-order chi connectivity index (χ1) is 8.44. The minimum absolute atomic E-state index is 0.00530. The van der Waals surface area contributed by atoms with E-state index in [9.17, 15) is 9.59 Å². The summed E-state index contributed by atoms with van der Waals surface area (Å²) < 4.78 is 0. The monoisotopic (exact) mass is 254 g/mol. The second-order valence-corrected chi connectivity index (χ2v) is 5.64. The maximum atomic E-state index is 12.2. The Hall–Kier alpha value is -1.06. The molecule has 1 saturated heterocycles.